The molecule has 2 heterocycles. The van der Waals surface area contributed by atoms with Crippen molar-refractivity contribution in [2.45, 2.75) is 52.0 Å². The van der Waals surface area contributed by atoms with Crippen LogP contribution in [0.15, 0.2) is 30.3 Å². The molecule has 210 valence electrons. The van der Waals surface area contributed by atoms with Crippen LogP contribution in [0.4, 0.5) is 0 Å². The molecule has 39 heavy (non-hydrogen) atoms. The van der Waals surface area contributed by atoms with Crippen molar-refractivity contribution in [1.29, 1.82) is 0 Å². The molecular weight excluding hydrogens is 496 g/mol. The van der Waals surface area contributed by atoms with Gasteiger partial charge in [-0.3, -0.25) is 23.9 Å². The average Bonchev–Trinajstić information content (AvgIpc) is 3.25. The van der Waals surface area contributed by atoms with Crippen molar-refractivity contribution in [2.75, 3.05) is 39.8 Å². The second kappa shape index (κ2) is 12.4. The first kappa shape index (κ1) is 28.3. The fourth-order valence-corrected chi connectivity index (χ4v) is 5.41. The number of nitrogens with zero attached hydrogens (tertiary/aromatic N) is 5. The predicted molar refractivity (Wildman–Crippen MR) is 147 cm³/mol. The topological polar surface area (TPSA) is 108 Å². The molecule has 1 aromatic heterocycles. The standard InChI is InChI=1S/C29H40N6O4/c1-20(2)13-16-35-22-11-12-24-23(17-22)27(31-33(24)4)29(39)32(3)18-25(36)30-14-8-15-34(19-26(35)37)28(38)21-9-6-5-7-10-21/h5-7,9-10,20,22H,8,11-19H2,1-4H3,(H,30,36). The maximum Gasteiger partial charge on any atom is 0.274 e. The monoisotopic (exact) mass is 536 g/mol. The lowest BCUT2D eigenvalue weighted by molar-refractivity contribution is -0.134. The molecule has 1 aliphatic carbocycles. The number of carbonyl (C=O) groups is 4. The lowest BCUT2D eigenvalue weighted by Crippen LogP contribution is -2.50. The maximum atomic E-state index is 13.9. The van der Waals surface area contributed by atoms with Gasteiger partial charge in [-0.1, -0.05) is 32.0 Å². The molecule has 2 bridgehead atoms. The maximum absolute atomic E-state index is 13.9. The van der Waals surface area contributed by atoms with Crippen LogP contribution in [-0.4, -0.2) is 93.9 Å². The van der Waals surface area contributed by atoms with Crippen LogP contribution >= 0.6 is 0 Å². The lowest BCUT2D eigenvalue weighted by atomic mass is 9.89. The Kier molecular flexibility index (Phi) is 9.04. The Morgan fingerprint density at radius 1 is 1.10 bits per heavy atom. The van der Waals surface area contributed by atoms with E-state index in [0.29, 0.717) is 56.1 Å². The van der Waals surface area contributed by atoms with Crippen molar-refractivity contribution in [3.05, 3.63) is 52.8 Å². The molecule has 1 aliphatic heterocycles. The number of amides is 4. The zero-order valence-corrected chi connectivity index (χ0v) is 23.5. The molecule has 1 N–H and O–H groups in total. The SMILES string of the molecule is CC(C)CCN1C(=O)CN(C(=O)c2ccccc2)CCCNC(=O)CN(C)C(=O)c2nn(C)c3c2CC1CC3. The highest BCUT2D eigenvalue weighted by Gasteiger charge is 2.35. The molecule has 0 saturated heterocycles. The number of hydrogen-bond donors (Lipinski definition) is 1. The summed E-state index contributed by atoms with van der Waals surface area (Å²) < 4.78 is 1.75. The number of aryl methyl sites for hydroxylation is 1. The van der Waals surface area contributed by atoms with Crippen LogP contribution in [0.2, 0.25) is 0 Å². The molecule has 4 amide bonds. The molecule has 0 fully saturated rings. The zero-order chi connectivity index (χ0) is 28.1. The van der Waals surface area contributed by atoms with E-state index in [1.165, 1.54) is 4.90 Å². The van der Waals surface area contributed by atoms with E-state index in [-0.39, 0.29) is 42.8 Å². The van der Waals surface area contributed by atoms with Crippen LogP contribution in [0.1, 0.15) is 65.2 Å². The van der Waals surface area contributed by atoms with Crippen LogP contribution in [-0.2, 0) is 29.5 Å². The van der Waals surface area contributed by atoms with Crippen molar-refractivity contribution in [1.82, 2.24) is 29.8 Å². The Labute approximate surface area is 230 Å². The molecule has 0 radical (unpaired) electrons. The normalized spacial score (nSPS) is 19.5. The van der Waals surface area contributed by atoms with Crippen LogP contribution in [0.3, 0.4) is 0 Å². The first-order chi connectivity index (χ1) is 18.7. The number of hydrogen-bond acceptors (Lipinski definition) is 5. The minimum atomic E-state index is -0.297. The van der Waals surface area contributed by atoms with E-state index in [1.54, 1.807) is 28.8 Å². The van der Waals surface area contributed by atoms with Gasteiger partial charge in [-0.25, -0.2) is 0 Å². The molecule has 1 aromatic carbocycles. The van der Waals surface area contributed by atoms with Gasteiger partial charge in [-0.2, -0.15) is 5.10 Å². The number of aromatic nitrogens is 2. The predicted octanol–water partition coefficient (Wildman–Crippen LogP) is 1.89. The van der Waals surface area contributed by atoms with E-state index in [2.05, 4.69) is 24.3 Å². The Morgan fingerprint density at radius 3 is 2.56 bits per heavy atom. The van der Waals surface area contributed by atoms with Crippen LogP contribution in [0, 0.1) is 5.92 Å². The molecule has 1 atom stereocenters. The van der Waals surface area contributed by atoms with Gasteiger partial charge in [0, 0.05) is 56.6 Å². The van der Waals surface area contributed by atoms with E-state index in [0.717, 1.165) is 24.1 Å². The van der Waals surface area contributed by atoms with Crippen LogP contribution in [0.25, 0.3) is 0 Å². The molecule has 0 saturated carbocycles. The third kappa shape index (κ3) is 6.66. The van der Waals surface area contributed by atoms with Gasteiger partial charge in [0.2, 0.25) is 11.8 Å². The molecule has 10 heteroatoms. The fraction of sp³-hybridized carbons (Fsp3) is 0.552. The van der Waals surface area contributed by atoms with Gasteiger partial charge in [0.1, 0.15) is 6.54 Å². The fourth-order valence-electron chi connectivity index (χ4n) is 5.41. The molecule has 0 spiro atoms. The van der Waals surface area contributed by atoms with E-state index < -0.39 is 0 Å². The summed E-state index contributed by atoms with van der Waals surface area (Å²) in [6, 6.07) is 8.88. The summed E-state index contributed by atoms with van der Waals surface area (Å²) in [5.41, 5.74) is 2.71. The summed E-state index contributed by atoms with van der Waals surface area (Å²) >= 11 is 0. The highest BCUT2D eigenvalue weighted by Crippen LogP contribution is 2.28. The summed E-state index contributed by atoms with van der Waals surface area (Å²) in [6.45, 7) is 5.38. The summed E-state index contributed by atoms with van der Waals surface area (Å²) in [5.74, 6) is -0.469. The van der Waals surface area contributed by atoms with E-state index >= 15 is 0 Å². The van der Waals surface area contributed by atoms with Gasteiger partial charge in [0.05, 0.1) is 6.54 Å². The molecule has 2 aliphatic rings. The van der Waals surface area contributed by atoms with Crippen LogP contribution in [0.5, 0.6) is 0 Å². The highest BCUT2D eigenvalue weighted by molar-refractivity contribution is 5.97. The largest absolute Gasteiger partial charge is 0.354 e. The Bertz CT molecular complexity index is 1210. The quantitative estimate of drug-likeness (QED) is 0.642. The van der Waals surface area contributed by atoms with E-state index in [4.69, 9.17) is 0 Å². The molecule has 4 rings (SSSR count). The molecule has 10 nitrogen and oxygen atoms in total. The average molecular weight is 537 g/mol. The van der Waals surface area contributed by atoms with Crippen molar-refractivity contribution in [3.63, 3.8) is 0 Å². The van der Waals surface area contributed by atoms with Gasteiger partial charge in [0.15, 0.2) is 5.69 Å². The third-order valence-corrected chi connectivity index (χ3v) is 7.63. The van der Waals surface area contributed by atoms with Crippen molar-refractivity contribution in [2.24, 2.45) is 13.0 Å². The van der Waals surface area contributed by atoms with Gasteiger partial charge >= 0.3 is 0 Å². The lowest BCUT2D eigenvalue weighted by Gasteiger charge is -2.36. The Morgan fingerprint density at radius 2 is 1.85 bits per heavy atom. The summed E-state index contributed by atoms with van der Waals surface area (Å²) in [6.07, 6.45) is 3.29. The van der Waals surface area contributed by atoms with Crippen LogP contribution < -0.4 is 5.32 Å². The number of carbonyl (C=O) groups excluding carboxylic acids is 4. The smallest absolute Gasteiger partial charge is 0.274 e. The summed E-state index contributed by atoms with van der Waals surface area (Å²) in [7, 11) is 3.44. The first-order valence-electron chi connectivity index (χ1n) is 13.9. The minimum Gasteiger partial charge on any atom is -0.354 e. The van der Waals surface area contributed by atoms with E-state index in [1.807, 2.05) is 30.1 Å². The van der Waals surface area contributed by atoms with Gasteiger partial charge in [0.25, 0.3) is 11.8 Å². The Hall–Kier alpha value is -3.69. The van der Waals surface area contributed by atoms with Gasteiger partial charge in [-0.15, -0.1) is 0 Å². The first-order valence-corrected chi connectivity index (χ1v) is 13.9. The summed E-state index contributed by atoms with van der Waals surface area (Å²) in [4.78, 5) is 58.2. The van der Waals surface area contributed by atoms with Gasteiger partial charge in [-0.05, 0) is 50.2 Å². The van der Waals surface area contributed by atoms with Crippen molar-refractivity contribution >= 4 is 23.6 Å². The second-order valence-corrected chi connectivity index (χ2v) is 11.0. The highest BCUT2D eigenvalue weighted by atomic mass is 16.2. The number of likely N-dealkylation sites (N-methyl/N-ethyl adjacent to an activating group) is 1. The van der Waals surface area contributed by atoms with Crippen molar-refractivity contribution in [3.8, 4) is 0 Å². The number of benzene rings is 1. The number of fused-ring (bicyclic) bond motifs is 1. The third-order valence-electron chi connectivity index (χ3n) is 7.63. The molecular formula is C29H40N6O4. The van der Waals surface area contributed by atoms with Gasteiger partial charge < -0.3 is 20.0 Å². The summed E-state index contributed by atoms with van der Waals surface area (Å²) in [5, 5.41) is 7.37. The molecule has 1 unspecified atom stereocenters. The van der Waals surface area contributed by atoms with E-state index in [9.17, 15) is 19.2 Å². The zero-order valence-electron chi connectivity index (χ0n) is 23.5. The number of rotatable bonds is 4. The van der Waals surface area contributed by atoms with Crippen molar-refractivity contribution < 1.29 is 19.2 Å². The second-order valence-electron chi connectivity index (χ2n) is 11.0. The molecule has 2 aromatic rings. The minimum absolute atomic E-state index is 0.0370. The number of nitrogens with one attached hydrogen (secondary N) is 1. The Balaban J connectivity index is 1.68.